The fourth-order valence-corrected chi connectivity index (χ4v) is 2.95. The molecule has 0 aromatic carbocycles. The van der Waals surface area contributed by atoms with Gasteiger partial charge in [-0.15, -0.1) is 0 Å². The summed E-state index contributed by atoms with van der Waals surface area (Å²) in [6, 6.07) is 0. The third-order valence-electron chi connectivity index (χ3n) is 1.52. The van der Waals surface area contributed by atoms with Crippen LogP contribution in [-0.4, -0.2) is 24.4 Å². The number of hydrogen-bond acceptors (Lipinski definition) is 2. The number of halogens is 4. The van der Waals surface area contributed by atoms with Gasteiger partial charge in [-0.3, -0.25) is 10.1 Å². The molecule has 0 radical (unpaired) electrons. The van der Waals surface area contributed by atoms with E-state index >= 15 is 0 Å². The Morgan fingerprint density at radius 1 is 1.33 bits per heavy atom. The van der Waals surface area contributed by atoms with Crippen molar-refractivity contribution in [1.29, 1.82) is 0 Å². The molecule has 0 fully saturated rings. The number of alkyl halides is 4. The zero-order chi connectivity index (χ0) is 9.99. The molecule has 0 aliphatic carbocycles. The molecule has 0 aliphatic heterocycles. The molecule has 0 saturated heterocycles. The van der Waals surface area contributed by atoms with E-state index < -0.39 is 8.77 Å². The molecular formula is C5H7Br4NO2. The first-order chi connectivity index (χ1) is 5.31. The summed E-state index contributed by atoms with van der Waals surface area (Å²) in [7, 11) is 0. The molecular weight excluding hydrogens is 426 g/mol. The standard InChI is InChI=1S/C5H7Br4NO2/c1-4(8,2-6)5(9,3-7)10(11)12/h2-3H2,1H3. The van der Waals surface area contributed by atoms with Crippen LogP contribution in [0.3, 0.4) is 0 Å². The van der Waals surface area contributed by atoms with Crippen LogP contribution in [0.2, 0.25) is 0 Å². The number of nitro groups is 1. The third kappa shape index (κ3) is 2.42. The van der Waals surface area contributed by atoms with E-state index in [1.54, 1.807) is 6.92 Å². The molecule has 2 atom stereocenters. The van der Waals surface area contributed by atoms with E-state index in [1.807, 2.05) is 0 Å². The summed E-state index contributed by atoms with van der Waals surface area (Å²) >= 11 is 12.7. The maximum absolute atomic E-state index is 10.7. The predicted molar refractivity (Wildman–Crippen MR) is 63.6 cm³/mol. The van der Waals surface area contributed by atoms with Crippen molar-refractivity contribution in [2.45, 2.75) is 15.7 Å². The van der Waals surface area contributed by atoms with E-state index in [9.17, 15) is 10.1 Å². The molecule has 0 aromatic heterocycles. The first-order valence-corrected chi connectivity index (χ1v) is 6.79. The van der Waals surface area contributed by atoms with Crippen molar-refractivity contribution in [1.82, 2.24) is 0 Å². The van der Waals surface area contributed by atoms with Crippen LogP contribution in [-0.2, 0) is 0 Å². The fourth-order valence-electron chi connectivity index (χ4n) is 0.481. The average molecular weight is 433 g/mol. The molecule has 0 bridgehead atoms. The minimum absolute atomic E-state index is 0.236. The van der Waals surface area contributed by atoms with Crippen molar-refractivity contribution >= 4 is 63.7 Å². The highest BCUT2D eigenvalue weighted by molar-refractivity contribution is 9.14. The van der Waals surface area contributed by atoms with Gasteiger partial charge in [-0.05, 0) is 6.92 Å². The highest BCUT2D eigenvalue weighted by atomic mass is 79.9. The van der Waals surface area contributed by atoms with Crippen LogP contribution >= 0.6 is 63.7 Å². The molecule has 0 rings (SSSR count). The molecule has 0 saturated carbocycles. The number of rotatable bonds is 4. The predicted octanol–water partition coefficient (Wildman–Crippen LogP) is 3.30. The summed E-state index contributed by atoms with van der Waals surface area (Å²) in [5, 5.41) is 11.5. The fraction of sp³-hybridized carbons (Fsp3) is 1.00. The van der Waals surface area contributed by atoms with Gasteiger partial charge in [-0.2, -0.15) is 0 Å². The Balaban J connectivity index is 4.87. The Bertz CT molecular complexity index is 186. The second-order valence-corrected chi connectivity index (χ2v) is 6.66. The lowest BCUT2D eigenvalue weighted by Gasteiger charge is -2.30. The molecule has 2 unspecified atom stereocenters. The lowest BCUT2D eigenvalue weighted by atomic mass is 10.1. The van der Waals surface area contributed by atoms with E-state index in [0.29, 0.717) is 5.33 Å². The van der Waals surface area contributed by atoms with Crippen LogP contribution in [0, 0.1) is 10.1 Å². The summed E-state index contributed by atoms with van der Waals surface area (Å²) in [5.74, 6) is 0. The van der Waals surface area contributed by atoms with Crippen molar-refractivity contribution in [2.75, 3.05) is 10.7 Å². The van der Waals surface area contributed by atoms with E-state index in [0.717, 1.165) is 0 Å². The monoisotopic (exact) mass is 429 g/mol. The summed E-state index contributed by atoms with van der Waals surface area (Å²) in [6.45, 7) is 1.75. The molecule has 0 amide bonds. The minimum atomic E-state index is -1.19. The van der Waals surface area contributed by atoms with Gasteiger partial charge in [0.1, 0.15) is 4.32 Å². The summed E-state index contributed by atoms with van der Waals surface area (Å²) in [4.78, 5) is 10.4. The Morgan fingerprint density at radius 3 is 1.83 bits per heavy atom. The van der Waals surface area contributed by atoms with Gasteiger partial charge in [0.25, 0.3) is 4.45 Å². The smallest absolute Gasteiger partial charge is 0.263 e. The van der Waals surface area contributed by atoms with Gasteiger partial charge in [0.15, 0.2) is 0 Å². The highest BCUT2D eigenvalue weighted by Gasteiger charge is 2.54. The maximum Gasteiger partial charge on any atom is 0.299 e. The van der Waals surface area contributed by atoms with Crippen molar-refractivity contribution < 1.29 is 4.92 Å². The Labute approximate surface area is 104 Å². The Morgan fingerprint density at radius 2 is 1.75 bits per heavy atom. The zero-order valence-corrected chi connectivity index (χ0v) is 12.5. The number of hydrogen-bond donors (Lipinski definition) is 0. The Kier molecular flexibility index (Phi) is 5.22. The van der Waals surface area contributed by atoms with Crippen LogP contribution in [0.15, 0.2) is 0 Å². The lowest BCUT2D eigenvalue weighted by molar-refractivity contribution is -0.532. The second kappa shape index (κ2) is 4.70. The molecule has 0 aromatic rings. The van der Waals surface area contributed by atoms with Gasteiger partial charge in [0.2, 0.25) is 0 Å². The van der Waals surface area contributed by atoms with E-state index in [1.165, 1.54) is 0 Å². The third-order valence-corrected chi connectivity index (χ3v) is 7.87. The normalized spacial score (nSPS) is 21.1. The SMILES string of the molecule is CC(Br)(CBr)C(Br)(CBr)[N+](=O)[O-]. The van der Waals surface area contributed by atoms with E-state index in [4.69, 9.17) is 0 Å². The molecule has 72 valence electrons. The summed E-state index contributed by atoms with van der Waals surface area (Å²) < 4.78 is -1.82. The molecule has 0 heterocycles. The van der Waals surface area contributed by atoms with Gasteiger partial charge in [0.05, 0.1) is 5.33 Å². The van der Waals surface area contributed by atoms with E-state index in [-0.39, 0.29) is 10.3 Å². The van der Waals surface area contributed by atoms with Crippen LogP contribution < -0.4 is 0 Å². The van der Waals surface area contributed by atoms with Gasteiger partial charge in [0, 0.05) is 26.2 Å². The lowest BCUT2D eigenvalue weighted by Crippen LogP contribution is -2.51. The van der Waals surface area contributed by atoms with Gasteiger partial charge < -0.3 is 0 Å². The average Bonchev–Trinajstić information content (AvgIpc) is 2.02. The second-order valence-electron chi connectivity index (χ2n) is 2.48. The van der Waals surface area contributed by atoms with Crippen molar-refractivity contribution in [3.05, 3.63) is 10.1 Å². The number of nitrogens with zero attached hydrogens (tertiary/aromatic N) is 1. The summed E-state index contributed by atoms with van der Waals surface area (Å²) in [6.07, 6.45) is 0. The van der Waals surface area contributed by atoms with Gasteiger partial charge >= 0.3 is 0 Å². The van der Waals surface area contributed by atoms with Gasteiger partial charge in [-0.1, -0.05) is 47.8 Å². The first-order valence-electron chi connectivity index (χ1n) is 2.96. The minimum Gasteiger partial charge on any atom is -0.263 e. The molecule has 7 heteroatoms. The highest BCUT2D eigenvalue weighted by Crippen LogP contribution is 2.41. The van der Waals surface area contributed by atoms with Crippen LogP contribution in [0.25, 0.3) is 0 Å². The van der Waals surface area contributed by atoms with Crippen LogP contribution in [0.5, 0.6) is 0 Å². The largest absolute Gasteiger partial charge is 0.299 e. The molecule has 0 aliphatic rings. The first kappa shape index (κ1) is 13.3. The van der Waals surface area contributed by atoms with Crippen LogP contribution in [0.4, 0.5) is 0 Å². The van der Waals surface area contributed by atoms with Crippen molar-refractivity contribution in [3.63, 3.8) is 0 Å². The molecule has 0 spiro atoms. The van der Waals surface area contributed by atoms with Crippen LogP contribution in [0.1, 0.15) is 6.92 Å². The zero-order valence-electron chi connectivity index (χ0n) is 6.19. The van der Waals surface area contributed by atoms with Gasteiger partial charge in [-0.25, -0.2) is 0 Å². The van der Waals surface area contributed by atoms with Crippen molar-refractivity contribution in [2.24, 2.45) is 0 Å². The van der Waals surface area contributed by atoms with E-state index in [2.05, 4.69) is 63.7 Å². The maximum atomic E-state index is 10.7. The quantitative estimate of drug-likeness (QED) is 0.296. The topological polar surface area (TPSA) is 43.1 Å². The Hall–Kier alpha value is 1.32. The molecule has 3 nitrogen and oxygen atoms in total. The molecule has 0 N–H and O–H groups in total. The summed E-state index contributed by atoms with van der Waals surface area (Å²) in [5.41, 5.74) is 0. The van der Waals surface area contributed by atoms with Crippen molar-refractivity contribution in [3.8, 4) is 0 Å². The molecule has 12 heavy (non-hydrogen) atoms.